The molecule has 3 unspecified atom stereocenters. The summed E-state index contributed by atoms with van der Waals surface area (Å²) >= 11 is 0. The second-order valence-electron chi connectivity index (χ2n) is 8.88. The number of hydrogen-bond acceptors (Lipinski definition) is 5. The number of carbonyl (C=O) groups excluding carboxylic acids is 1. The molecule has 0 radical (unpaired) electrons. The van der Waals surface area contributed by atoms with Crippen molar-refractivity contribution in [3.63, 3.8) is 0 Å². The second-order valence-corrected chi connectivity index (χ2v) is 8.88. The zero-order valence-corrected chi connectivity index (χ0v) is 18.1. The minimum atomic E-state index is 0.0423. The number of fused-ring (bicyclic) bond motifs is 1. The molecule has 0 bridgehead atoms. The number of morpholine rings is 1. The molecule has 2 aromatic heterocycles. The van der Waals surface area contributed by atoms with Crippen LogP contribution in [0.5, 0.6) is 0 Å². The Labute approximate surface area is 182 Å². The number of carbonyl (C=O) groups is 1. The largest absolute Gasteiger partial charge is 0.372 e. The Bertz CT molecular complexity index is 1060. The summed E-state index contributed by atoms with van der Waals surface area (Å²) in [4.78, 5) is 17.5. The highest BCUT2D eigenvalue weighted by molar-refractivity contribution is 5.94. The summed E-state index contributed by atoms with van der Waals surface area (Å²) in [7, 11) is 0. The Morgan fingerprint density at radius 2 is 1.81 bits per heavy atom. The number of aromatic nitrogens is 3. The molecule has 3 atom stereocenters. The van der Waals surface area contributed by atoms with E-state index in [2.05, 4.69) is 45.4 Å². The van der Waals surface area contributed by atoms with Crippen LogP contribution in [0.2, 0.25) is 0 Å². The van der Waals surface area contributed by atoms with Gasteiger partial charge in [0, 0.05) is 38.3 Å². The zero-order valence-electron chi connectivity index (χ0n) is 18.1. The average molecular weight is 420 g/mol. The van der Waals surface area contributed by atoms with E-state index in [1.54, 1.807) is 0 Å². The molecule has 7 heteroatoms. The predicted molar refractivity (Wildman–Crippen MR) is 118 cm³/mol. The van der Waals surface area contributed by atoms with E-state index >= 15 is 0 Å². The molecule has 0 N–H and O–H groups in total. The Morgan fingerprint density at radius 1 is 1.03 bits per heavy atom. The standard InChI is InChI=1S/C24H29N5O2/c1-17-12-28(13-18(2)31-17)24(30)21-8-9-22-25-26-23(29(22)16-21)20-10-11-27(15-20)14-19-6-4-3-5-7-19/h3-9,16-18,20H,10-15H2,1-2H3. The van der Waals surface area contributed by atoms with Crippen LogP contribution in [0.15, 0.2) is 48.7 Å². The second kappa shape index (κ2) is 8.40. The summed E-state index contributed by atoms with van der Waals surface area (Å²) in [6.07, 6.45) is 3.06. The van der Waals surface area contributed by atoms with Crippen LogP contribution in [0.25, 0.3) is 5.65 Å². The number of benzene rings is 1. The van der Waals surface area contributed by atoms with Gasteiger partial charge in [0.25, 0.3) is 5.91 Å². The van der Waals surface area contributed by atoms with E-state index in [9.17, 15) is 4.79 Å². The van der Waals surface area contributed by atoms with E-state index in [0.717, 1.165) is 37.5 Å². The molecular formula is C24H29N5O2. The molecule has 2 aliphatic rings. The first kappa shape index (κ1) is 20.2. The molecule has 1 amide bonds. The maximum absolute atomic E-state index is 13.2. The van der Waals surface area contributed by atoms with Gasteiger partial charge < -0.3 is 9.64 Å². The van der Waals surface area contributed by atoms with Gasteiger partial charge in [-0.05, 0) is 44.5 Å². The molecule has 2 aliphatic heterocycles. The number of hydrogen-bond donors (Lipinski definition) is 0. The number of ether oxygens (including phenoxy) is 1. The lowest BCUT2D eigenvalue weighted by atomic mass is 10.1. The third kappa shape index (κ3) is 4.20. The summed E-state index contributed by atoms with van der Waals surface area (Å²) in [5.74, 6) is 1.30. The summed E-state index contributed by atoms with van der Waals surface area (Å²) in [6, 6.07) is 14.3. The number of rotatable bonds is 4. The van der Waals surface area contributed by atoms with Gasteiger partial charge in [-0.3, -0.25) is 14.1 Å². The zero-order chi connectivity index (χ0) is 21.4. The molecule has 0 saturated carbocycles. The average Bonchev–Trinajstić information content (AvgIpc) is 3.39. The van der Waals surface area contributed by atoms with E-state index in [0.29, 0.717) is 24.6 Å². The third-order valence-electron chi connectivity index (χ3n) is 6.27. The Morgan fingerprint density at radius 3 is 2.58 bits per heavy atom. The Balaban J connectivity index is 1.34. The molecule has 162 valence electrons. The smallest absolute Gasteiger partial charge is 0.255 e. The molecule has 2 saturated heterocycles. The number of nitrogens with zero attached hydrogens (tertiary/aromatic N) is 5. The van der Waals surface area contributed by atoms with Gasteiger partial charge in [-0.25, -0.2) is 0 Å². The van der Waals surface area contributed by atoms with Crippen molar-refractivity contribution in [2.75, 3.05) is 26.2 Å². The quantitative estimate of drug-likeness (QED) is 0.651. The highest BCUT2D eigenvalue weighted by Crippen LogP contribution is 2.28. The van der Waals surface area contributed by atoms with Crippen molar-refractivity contribution in [1.82, 2.24) is 24.4 Å². The van der Waals surface area contributed by atoms with Crippen molar-refractivity contribution in [2.45, 2.75) is 44.9 Å². The first-order chi connectivity index (χ1) is 15.1. The number of amides is 1. The molecule has 1 aromatic carbocycles. The van der Waals surface area contributed by atoms with Crippen LogP contribution in [0.4, 0.5) is 0 Å². The van der Waals surface area contributed by atoms with Gasteiger partial charge in [-0.1, -0.05) is 30.3 Å². The van der Waals surface area contributed by atoms with Crippen molar-refractivity contribution >= 4 is 11.6 Å². The van der Waals surface area contributed by atoms with Crippen molar-refractivity contribution in [2.24, 2.45) is 0 Å². The SMILES string of the molecule is CC1CN(C(=O)c2ccc3nnc(C4CCN(Cc5ccccc5)C4)n3c2)CC(C)O1. The van der Waals surface area contributed by atoms with Gasteiger partial charge >= 0.3 is 0 Å². The maximum atomic E-state index is 13.2. The van der Waals surface area contributed by atoms with E-state index in [4.69, 9.17) is 4.74 Å². The van der Waals surface area contributed by atoms with E-state index in [1.807, 2.05) is 41.5 Å². The molecule has 0 spiro atoms. The summed E-state index contributed by atoms with van der Waals surface area (Å²) < 4.78 is 7.79. The van der Waals surface area contributed by atoms with Crippen LogP contribution in [-0.2, 0) is 11.3 Å². The van der Waals surface area contributed by atoms with Crippen LogP contribution in [0.1, 0.15) is 47.9 Å². The summed E-state index contributed by atoms with van der Waals surface area (Å²) in [5, 5.41) is 8.86. The number of pyridine rings is 1. The topological polar surface area (TPSA) is 63.0 Å². The highest BCUT2D eigenvalue weighted by atomic mass is 16.5. The van der Waals surface area contributed by atoms with E-state index in [-0.39, 0.29) is 18.1 Å². The van der Waals surface area contributed by atoms with Crippen LogP contribution >= 0.6 is 0 Å². The van der Waals surface area contributed by atoms with Gasteiger partial charge in [0.05, 0.1) is 17.8 Å². The molecule has 0 aliphatic carbocycles. The van der Waals surface area contributed by atoms with Crippen molar-refractivity contribution in [3.8, 4) is 0 Å². The van der Waals surface area contributed by atoms with Crippen LogP contribution in [-0.4, -0.2) is 68.7 Å². The normalized spacial score (nSPS) is 24.7. The minimum absolute atomic E-state index is 0.0423. The lowest BCUT2D eigenvalue weighted by Gasteiger charge is -2.35. The van der Waals surface area contributed by atoms with Crippen molar-refractivity contribution in [1.29, 1.82) is 0 Å². The van der Waals surface area contributed by atoms with Gasteiger partial charge in [0.1, 0.15) is 5.82 Å². The fraction of sp³-hybridized carbons (Fsp3) is 0.458. The van der Waals surface area contributed by atoms with Gasteiger partial charge in [-0.15, -0.1) is 10.2 Å². The summed E-state index contributed by atoms with van der Waals surface area (Å²) in [5.41, 5.74) is 2.79. The molecular weight excluding hydrogens is 390 g/mol. The molecule has 4 heterocycles. The van der Waals surface area contributed by atoms with Crippen LogP contribution in [0.3, 0.4) is 0 Å². The van der Waals surface area contributed by atoms with Crippen molar-refractivity contribution in [3.05, 3.63) is 65.6 Å². The van der Waals surface area contributed by atoms with E-state index in [1.165, 1.54) is 5.56 Å². The first-order valence-electron chi connectivity index (χ1n) is 11.1. The highest BCUT2D eigenvalue weighted by Gasteiger charge is 2.29. The first-order valence-corrected chi connectivity index (χ1v) is 11.1. The molecule has 2 fully saturated rings. The lowest BCUT2D eigenvalue weighted by Crippen LogP contribution is -2.48. The summed E-state index contributed by atoms with van der Waals surface area (Å²) in [6.45, 7) is 8.20. The third-order valence-corrected chi connectivity index (χ3v) is 6.27. The lowest BCUT2D eigenvalue weighted by molar-refractivity contribution is -0.0586. The maximum Gasteiger partial charge on any atom is 0.255 e. The van der Waals surface area contributed by atoms with Crippen LogP contribution < -0.4 is 0 Å². The fourth-order valence-electron chi connectivity index (χ4n) is 4.87. The van der Waals surface area contributed by atoms with Gasteiger partial charge in [-0.2, -0.15) is 0 Å². The van der Waals surface area contributed by atoms with Crippen molar-refractivity contribution < 1.29 is 9.53 Å². The monoisotopic (exact) mass is 419 g/mol. The molecule has 7 nitrogen and oxygen atoms in total. The fourth-order valence-corrected chi connectivity index (χ4v) is 4.87. The van der Waals surface area contributed by atoms with E-state index < -0.39 is 0 Å². The minimum Gasteiger partial charge on any atom is -0.372 e. The van der Waals surface area contributed by atoms with Crippen LogP contribution in [0, 0.1) is 0 Å². The Kier molecular flexibility index (Phi) is 5.46. The van der Waals surface area contributed by atoms with Gasteiger partial charge in [0.15, 0.2) is 5.65 Å². The Hall–Kier alpha value is -2.77. The predicted octanol–water partition coefficient (Wildman–Crippen LogP) is 2.97. The molecule has 31 heavy (non-hydrogen) atoms. The van der Waals surface area contributed by atoms with Gasteiger partial charge in [0.2, 0.25) is 0 Å². The number of likely N-dealkylation sites (tertiary alicyclic amines) is 1. The molecule has 3 aromatic rings. The molecule has 5 rings (SSSR count).